The van der Waals surface area contributed by atoms with Gasteiger partial charge in [-0.05, 0) is 25.0 Å². The number of nitro groups is 1. The van der Waals surface area contributed by atoms with Gasteiger partial charge in [0.1, 0.15) is 5.69 Å². The van der Waals surface area contributed by atoms with Gasteiger partial charge in [-0.3, -0.25) is 14.9 Å². The van der Waals surface area contributed by atoms with Crippen LogP contribution in [0.2, 0.25) is 0 Å². The number of nitrogens with one attached hydrogen (secondary N) is 1. The van der Waals surface area contributed by atoms with Crippen LogP contribution in [0.25, 0.3) is 0 Å². The van der Waals surface area contributed by atoms with Gasteiger partial charge < -0.3 is 10.2 Å². The van der Waals surface area contributed by atoms with Crippen LogP contribution in [-0.2, 0) is 0 Å². The zero-order valence-electron chi connectivity index (χ0n) is 11.8. The molecule has 0 atom stereocenters. The molecule has 6 heteroatoms. The van der Waals surface area contributed by atoms with E-state index in [0.29, 0.717) is 11.3 Å². The van der Waals surface area contributed by atoms with Gasteiger partial charge in [0, 0.05) is 31.8 Å². The Morgan fingerprint density at radius 3 is 2.55 bits per heavy atom. The Kier molecular flexibility index (Phi) is 4.22. The highest BCUT2D eigenvalue weighted by molar-refractivity contribution is 5.96. The second kappa shape index (κ2) is 5.90. The molecule has 1 N–H and O–H groups in total. The second-order valence-electron chi connectivity index (χ2n) is 5.31. The Hall–Kier alpha value is -2.11. The van der Waals surface area contributed by atoms with Crippen molar-refractivity contribution in [1.29, 1.82) is 0 Å². The molecular weight excluding hydrogens is 258 g/mol. The number of benzene rings is 1. The normalized spacial score (nSPS) is 15.1. The molecule has 0 radical (unpaired) electrons. The van der Waals surface area contributed by atoms with Gasteiger partial charge in [-0.1, -0.05) is 12.8 Å². The van der Waals surface area contributed by atoms with E-state index in [1.54, 1.807) is 31.1 Å². The van der Waals surface area contributed by atoms with Crippen molar-refractivity contribution in [2.45, 2.75) is 31.7 Å². The summed E-state index contributed by atoms with van der Waals surface area (Å²) in [5, 5.41) is 14.0. The fourth-order valence-electron chi connectivity index (χ4n) is 2.53. The SMILES string of the molecule is CN(C)c1ccc(C(=O)NC2CCCC2)cc1[N+](=O)[O-]. The van der Waals surface area contributed by atoms with Gasteiger partial charge in [-0.25, -0.2) is 0 Å². The van der Waals surface area contributed by atoms with Crippen molar-refractivity contribution < 1.29 is 9.72 Å². The summed E-state index contributed by atoms with van der Waals surface area (Å²) in [7, 11) is 3.47. The number of anilines is 1. The van der Waals surface area contributed by atoms with E-state index in [-0.39, 0.29) is 17.6 Å². The van der Waals surface area contributed by atoms with E-state index >= 15 is 0 Å². The summed E-state index contributed by atoms with van der Waals surface area (Å²) >= 11 is 0. The van der Waals surface area contributed by atoms with Crippen LogP contribution in [-0.4, -0.2) is 31.0 Å². The molecule has 0 bridgehead atoms. The van der Waals surface area contributed by atoms with E-state index in [1.165, 1.54) is 6.07 Å². The first-order valence-corrected chi connectivity index (χ1v) is 6.75. The van der Waals surface area contributed by atoms with Crippen LogP contribution in [0.15, 0.2) is 18.2 Å². The fraction of sp³-hybridized carbons (Fsp3) is 0.500. The lowest BCUT2D eigenvalue weighted by atomic mass is 10.1. The largest absolute Gasteiger partial charge is 0.372 e. The van der Waals surface area contributed by atoms with Crippen molar-refractivity contribution in [2.75, 3.05) is 19.0 Å². The molecule has 1 fully saturated rings. The molecule has 1 aliphatic carbocycles. The van der Waals surface area contributed by atoms with E-state index in [2.05, 4.69) is 5.32 Å². The van der Waals surface area contributed by atoms with Gasteiger partial charge in [0.15, 0.2) is 0 Å². The number of carbonyl (C=O) groups excluding carboxylic acids is 1. The number of rotatable bonds is 4. The third-order valence-corrected chi connectivity index (χ3v) is 3.61. The monoisotopic (exact) mass is 277 g/mol. The molecule has 1 amide bonds. The van der Waals surface area contributed by atoms with Crippen molar-refractivity contribution in [3.05, 3.63) is 33.9 Å². The summed E-state index contributed by atoms with van der Waals surface area (Å²) in [4.78, 5) is 24.4. The minimum Gasteiger partial charge on any atom is -0.372 e. The first kappa shape index (κ1) is 14.3. The van der Waals surface area contributed by atoms with Crippen LogP contribution in [0.5, 0.6) is 0 Å². The van der Waals surface area contributed by atoms with E-state index in [9.17, 15) is 14.9 Å². The number of nitro benzene ring substituents is 1. The van der Waals surface area contributed by atoms with Crippen LogP contribution < -0.4 is 10.2 Å². The first-order chi connectivity index (χ1) is 9.49. The lowest BCUT2D eigenvalue weighted by Crippen LogP contribution is -2.32. The fourth-order valence-corrected chi connectivity index (χ4v) is 2.53. The van der Waals surface area contributed by atoms with Gasteiger partial charge in [0.05, 0.1) is 4.92 Å². The second-order valence-corrected chi connectivity index (χ2v) is 5.31. The zero-order chi connectivity index (χ0) is 14.7. The molecule has 0 aliphatic heterocycles. The standard InChI is InChI=1S/C14H19N3O3/c1-16(2)12-8-7-10(9-13(12)17(19)20)14(18)15-11-5-3-4-6-11/h7-9,11H,3-6H2,1-2H3,(H,15,18). The molecule has 0 aromatic heterocycles. The molecule has 0 saturated heterocycles. The Bertz CT molecular complexity index is 522. The zero-order valence-corrected chi connectivity index (χ0v) is 11.8. The molecule has 108 valence electrons. The Morgan fingerprint density at radius 1 is 1.35 bits per heavy atom. The third-order valence-electron chi connectivity index (χ3n) is 3.61. The van der Waals surface area contributed by atoms with E-state index < -0.39 is 4.92 Å². The average Bonchev–Trinajstić information content (AvgIpc) is 2.90. The number of nitrogens with zero attached hydrogens (tertiary/aromatic N) is 2. The summed E-state index contributed by atoms with van der Waals surface area (Å²) in [6.45, 7) is 0. The van der Waals surface area contributed by atoms with Gasteiger partial charge in [0.2, 0.25) is 0 Å². The Labute approximate surface area is 117 Å². The molecule has 1 saturated carbocycles. The minimum atomic E-state index is -0.457. The van der Waals surface area contributed by atoms with Crippen LogP contribution in [0.1, 0.15) is 36.0 Å². The quantitative estimate of drug-likeness (QED) is 0.677. The molecule has 20 heavy (non-hydrogen) atoms. The maximum absolute atomic E-state index is 12.1. The molecule has 0 heterocycles. The highest BCUT2D eigenvalue weighted by Crippen LogP contribution is 2.28. The average molecular weight is 277 g/mol. The third kappa shape index (κ3) is 3.07. The minimum absolute atomic E-state index is 0.0472. The lowest BCUT2D eigenvalue weighted by Gasteiger charge is -2.15. The number of amides is 1. The van der Waals surface area contributed by atoms with Crippen LogP contribution >= 0.6 is 0 Å². The van der Waals surface area contributed by atoms with Gasteiger partial charge in [-0.2, -0.15) is 0 Å². The van der Waals surface area contributed by atoms with Crippen LogP contribution in [0.4, 0.5) is 11.4 Å². The Morgan fingerprint density at radius 2 is 2.00 bits per heavy atom. The van der Waals surface area contributed by atoms with E-state index in [0.717, 1.165) is 25.7 Å². The van der Waals surface area contributed by atoms with Crippen molar-refractivity contribution in [1.82, 2.24) is 5.32 Å². The van der Waals surface area contributed by atoms with Gasteiger partial charge in [-0.15, -0.1) is 0 Å². The highest BCUT2D eigenvalue weighted by atomic mass is 16.6. The maximum atomic E-state index is 12.1. The van der Waals surface area contributed by atoms with Crippen molar-refractivity contribution in [2.24, 2.45) is 0 Å². The van der Waals surface area contributed by atoms with Gasteiger partial charge >= 0.3 is 0 Å². The molecule has 2 rings (SSSR count). The Balaban J connectivity index is 2.21. The van der Waals surface area contributed by atoms with Crippen LogP contribution in [0.3, 0.4) is 0 Å². The molecule has 1 aromatic rings. The van der Waals surface area contributed by atoms with Crippen molar-refractivity contribution >= 4 is 17.3 Å². The maximum Gasteiger partial charge on any atom is 0.293 e. The van der Waals surface area contributed by atoms with Gasteiger partial charge in [0.25, 0.3) is 11.6 Å². The smallest absolute Gasteiger partial charge is 0.293 e. The summed E-state index contributed by atoms with van der Waals surface area (Å²) in [5.41, 5.74) is 0.788. The summed E-state index contributed by atoms with van der Waals surface area (Å²) in [6, 6.07) is 4.79. The number of hydrogen-bond donors (Lipinski definition) is 1. The number of hydrogen-bond acceptors (Lipinski definition) is 4. The lowest BCUT2D eigenvalue weighted by molar-refractivity contribution is -0.384. The van der Waals surface area contributed by atoms with Crippen LogP contribution in [0, 0.1) is 10.1 Å². The predicted octanol–water partition coefficient (Wildman–Crippen LogP) is 2.33. The van der Waals surface area contributed by atoms with E-state index in [4.69, 9.17) is 0 Å². The molecule has 6 nitrogen and oxygen atoms in total. The molecule has 0 spiro atoms. The summed E-state index contributed by atoms with van der Waals surface area (Å²) in [6.07, 6.45) is 4.24. The predicted molar refractivity (Wildman–Crippen MR) is 77.1 cm³/mol. The molecular formula is C14H19N3O3. The topological polar surface area (TPSA) is 75.5 Å². The number of carbonyl (C=O) groups is 1. The molecule has 1 aromatic carbocycles. The van der Waals surface area contributed by atoms with E-state index in [1.807, 2.05) is 0 Å². The first-order valence-electron chi connectivity index (χ1n) is 6.75. The summed E-state index contributed by atoms with van der Waals surface area (Å²) < 4.78 is 0. The highest BCUT2D eigenvalue weighted by Gasteiger charge is 2.21. The van der Waals surface area contributed by atoms with Crippen molar-refractivity contribution in [3.63, 3.8) is 0 Å². The molecule has 1 aliphatic rings. The van der Waals surface area contributed by atoms with Crippen molar-refractivity contribution in [3.8, 4) is 0 Å². The summed E-state index contributed by atoms with van der Waals surface area (Å²) in [5.74, 6) is -0.231. The molecule has 0 unspecified atom stereocenters.